The maximum absolute atomic E-state index is 11.9. The van der Waals surface area contributed by atoms with Crippen molar-refractivity contribution in [2.24, 2.45) is 0 Å². The standard InChI is InChI=1S/C23H31NO4/c1-16-14-20(25)21(26)15-17(16)11-12-24-22(27)6-5-13-28-19-9-7-18(8-10-19)23(2,3)4/h7-10,14-15,25-26H,5-6,11-13H2,1-4H3,(H,24,27). The molecule has 2 rings (SSSR count). The Balaban J connectivity index is 1.66. The van der Waals surface area contributed by atoms with Gasteiger partial charge in [-0.3, -0.25) is 4.79 Å². The van der Waals surface area contributed by atoms with Crippen LogP contribution in [0, 0.1) is 6.92 Å². The van der Waals surface area contributed by atoms with Crippen LogP contribution < -0.4 is 10.1 Å². The highest BCUT2D eigenvalue weighted by Crippen LogP contribution is 2.28. The molecule has 3 N–H and O–H groups in total. The molecule has 5 heteroatoms. The molecule has 0 saturated heterocycles. The zero-order valence-electron chi connectivity index (χ0n) is 17.2. The van der Waals surface area contributed by atoms with Crippen LogP contribution in [-0.4, -0.2) is 29.3 Å². The minimum Gasteiger partial charge on any atom is -0.504 e. The Hall–Kier alpha value is -2.69. The van der Waals surface area contributed by atoms with Gasteiger partial charge in [-0.2, -0.15) is 0 Å². The number of nitrogens with one attached hydrogen (secondary N) is 1. The van der Waals surface area contributed by atoms with Crippen molar-refractivity contribution < 1.29 is 19.7 Å². The van der Waals surface area contributed by atoms with E-state index in [1.165, 1.54) is 17.7 Å². The van der Waals surface area contributed by atoms with Gasteiger partial charge in [0.25, 0.3) is 0 Å². The number of benzene rings is 2. The third kappa shape index (κ3) is 6.48. The maximum Gasteiger partial charge on any atom is 0.220 e. The van der Waals surface area contributed by atoms with E-state index in [9.17, 15) is 15.0 Å². The number of carbonyl (C=O) groups is 1. The van der Waals surface area contributed by atoms with Gasteiger partial charge in [-0.05, 0) is 66.1 Å². The molecule has 0 spiro atoms. The van der Waals surface area contributed by atoms with Gasteiger partial charge in [0.1, 0.15) is 5.75 Å². The zero-order valence-corrected chi connectivity index (χ0v) is 17.2. The predicted octanol–water partition coefficient (Wildman–Crippen LogP) is 4.22. The molecule has 2 aromatic carbocycles. The van der Waals surface area contributed by atoms with Crippen molar-refractivity contribution in [2.75, 3.05) is 13.2 Å². The maximum atomic E-state index is 11.9. The summed E-state index contributed by atoms with van der Waals surface area (Å²) in [4.78, 5) is 11.9. The van der Waals surface area contributed by atoms with Crippen molar-refractivity contribution in [2.45, 2.75) is 52.4 Å². The molecule has 1 amide bonds. The number of ether oxygens (including phenoxy) is 1. The Morgan fingerprint density at radius 1 is 1.07 bits per heavy atom. The van der Waals surface area contributed by atoms with E-state index >= 15 is 0 Å². The number of amides is 1. The quantitative estimate of drug-likeness (QED) is 0.469. The lowest BCUT2D eigenvalue weighted by molar-refractivity contribution is -0.121. The summed E-state index contributed by atoms with van der Waals surface area (Å²) in [5, 5.41) is 21.9. The fourth-order valence-corrected chi connectivity index (χ4v) is 2.89. The van der Waals surface area contributed by atoms with Crippen molar-refractivity contribution in [3.8, 4) is 17.2 Å². The second-order valence-corrected chi connectivity index (χ2v) is 8.09. The first kappa shape index (κ1) is 21.6. The zero-order chi connectivity index (χ0) is 20.7. The molecule has 0 unspecified atom stereocenters. The minimum absolute atomic E-state index is 0.0210. The molecule has 0 aromatic heterocycles. The number of hydrogen-bond donors (Lipinski definition) is 3. The first-order chi connectivity index (χ1) is 13.2. The van der Waals surface area contributed by atoms with Crippen molar-refractivity contribution in [3.63, 3.8) is 0 Å². The Kier molecular flexibility index (Phi) is 7.32. The molecule has 0 aliphatic heterocycles. The van der Waals surface area contributed by atoms with E-state index < -0.39 is 0 Å². The van der Waals surface area contributed by atoms with Crippen LogP contribution >= 0.6 is 0 Å². The first-order valence-electron chi connectivity index (χ1n) is 9.68. The number of phenolic OH excluding ortho intramolecular Hbond substituents is 2. The van der Waals surface area contributed by atoms with Gasteiger partial charge in [0, 0.05) is 13.0 Å². The molecular weight excluding hydrogens is 354 g/mol. The SMILES string of the molecule is Cc1cc(O)c(O)cc1CCNC(=O)CCCOc1ccc(C(C)(C)C)cc1. The lowest BCUT2D eigenvalue weighted by Crippen LogP contribution is -2.26. The second kappa shape index (κ2) is 9.49. The molecule has 2 aromatic rings. The van der Waals surface area contributed by atoms with Crippen LogP contribution in [0.1, 0.15) is 50.3 Å². The molecule has 28 heavy (non-hydrogen) atoms. The van der Waals surface area contributed by atoms with Gasteiger partial charge >= 0.3 is 0 Å². The van der Waals surface area contributed by atoms with Crippen LogP contribution in [0.2, 0.25) is 0 Å². The highest BCUT2D eigenvalue weighted by molar-refractivity contribution is 5.75. The van der Waals surface area contributed by atoms with Crippen molar-refractivity contribution in [1.29, 1.82) is 0 Å². The summed E-state index contributed by atoms with van der Waals surface area (Å²) >= 11 is 0. The smallest absolute Gasteiger partial charge is 0.220 e. The van der Waals surface area contributed by atoms with Crippen molar-refractivity contribution in [3.05, 3.63) is 53.1 Å². The number of aromatic hydroxyl groups is 2. The fraction of sp³-hybridized carbons (Fsp3) is 0.435. The molecular formula is C23H31NO4. The van der Waals surface area contributed by atoms with E-state index in [1.54, 1.807) is 0 Å². The summed E-state index contributed by atoms with van der Waals surface area (Å²) in [6, 6.07) is 11.1. The lowest BCUT2D eigenvalue weighted by atomic mass is 9.87. The summed E-state index contributed by atoms with van der Waals surface area (Å²) < 4.78 is 5.71. The number of rotatable bonds is 8. The van der Waals surface area contributed by atoms with Gasteiger partial charge in [-0.15, -0.1) is 0 Å². The Bertz CT molecular complexity index is 791. The van der Waals surface area contributed by atoms with Gasteiger partial charge in [0.15, 0.2) is 11.5 Å². The third-order valence-electron chi connectivity index (χ3n) is 4.69. The molecule has 0 aliphatic carbocycles. The fourth-order valence-electron chi connectivity index (χ4n) is 2.89. The van der Waals surface area contributed by atoms with Gasteiger partial charge in [0.05, 0.1) is 6.61 Å². The average Bonchev–Trinajstić information content (AvgIpc) is 2.62. The molecule has 0 radical (unpaired) electrons. The van der Waals surface area contributed by atoms with E-state index in [1.807, 2.05) is 19.1 Å². The van der Waals surface area contributed by atoms with Crippen LogP contribution in [0.15, 0.2) is 36.4 Å². The van der Waals surface area contributed by atoms with Gasteiger partial charge in [-0.1, -0.05) is 32.9 Å². The van der Waals surface area contributed by atoms with Crippen LogP contribution in [0.4, 0.5) is 0 Å². The number of phenols is 2. The molecule has 0 heterocycles. The van der Waals surface area contributed by atoms with Crippen LogP contribution in [0.5, 0.6) is 17.2 Å². The Labute approximate surface area is 167 Å². The molecule has 0 fully saturated rings. The van der Waals surface area contributed by atoms with Crippen molar-refractivity contribution in [1.82, 2.24) is 5.32 Å². The summed E-state index contributed by atoms with van der Waals surface area (Å²) in [5.74, 6) is 0.529. The second-order valence-electron chi connectivity index (χ2n) is 8.09. The highest BCUT2D eigenvalue weighted by Gasteiger charge is 2.13. The third-order valence-corrected chi connectivity index (χ3v) is 4.69. The Morgan fingerprint density at radius 3 is 2.36 bits per heavy atom. The molecule has 0 saturated carbocycles. The summed E-state index contributed by atoms with van der Waals surface area (Å²) in [7, 11) is 0. The topological polar surface area (TPSA) is 78.8 Å². The highest BCUT2D eigenvalue weighted by atomic mass is 16.5. The summed E-state index contributed by atoms with van der Waals surface area (Å²) in [5.41, 5.74) is 3.16. The first-order valence-corrected chi connectivity index (χ1v) is 9.68. The van der Waals surface area contributed by atoms with Gasteiger partial charge in [0.2, 0.25) is 5.91 Å². The monoisotopic (exact) mass is 385 g/mol. The van der Waals surface area contributed by atoms with Crippen LogP contribution in [0.3, 0.4) is 0 Å². The molecule has 0 bridgehead atoms. The van der Waals surface area contributed by atoms with E-state index in [2.05, 4.69) is 38.2 Å². The summed E-state index contributed by atoms with van der Waals surface area (Å²) in [6.45, 7) is 9.36. The van der Waals surface area contributed by atoms with Gasteiger partial charge < -0.3 is 20.3 Å². The normalized spacial score (nSPS) is 11.3. The molecule has 152 valence electrons. The molecule has 5 nitrogen and oxygen atoms in total. The molecule has 0 aliphatic rings. The van der Waals surface area contributed by atoms with E-state index in [0.29, 0.717) is 32.4 Å². The largest absolute Gasteiger partial charge is 0.504 e. The van der Waals surface area contributed by atoms with E-state index in [-0.39, 0.29) is 22.8 Å². The predicted molar refractivity (Wildman–Crippen MR) is 111 cm³/mol. The summed E-state index contributed by atoms with van der Waals surface area (Å²) in [6.07, 6.45) is 1.65. The number of carbonyl (C=O) groups excluding carboxylic acids is 1. The minimum atomic E-state index is -0.139. The van der Waals surface area contributed by atoms with E-state index in [0.717, 1.165) is 16.9 Å². The number of hydrogen-bond acceptors (Lipinski definition) is 4. The number of aryl methyl sites for hydroxylation is 1. The van der Waals surface area contributed by atoms with Gasteiger partial charge in [-0.25, -0.2) is 0 Å². The van der Waals surface area contributed by atoms with Crippen LogP contribution in [0.25, 0.3) is 0 Å². The average molecular weight is 386 g/mol. The van der Waals surface area contributed by atoms with Crippen molar-refractivity contribution >= 4 is 5.91 Å². The van der Waals surface area contributed by atoms with Crippen LogP contribution in [-0.2, 0) is 16.6 Å². The molecule has 0 atom stereocenters. The lowest BCUT2D eigenvalue weighted by Gasteiger charge is -2.19. The Morgan fingerprint density at radius 2 is 1.71 bits per heavy atom. The van der Waals surface area contributed by atoms with E-state index in [4.69, 9.17) is 4.74 Å².